The SMILES string of the molecule is Cc1ccc(C(=O)Nc2ccn([C@@H]3O[C@H](COC(c4ccccc4)(c4ccccc4)c4ccccc4)[C@@H](O)[C@H]3O)c(=O)n2)cc1. The molecule has 5 aromatic rings. The number of anilines is 1. The van der Waals surface area contributed by atoms with Crippen LogP contribution in [0.25, 0.3) is 0 Å². The molecule has 0 radical (unpaired) electrons. The van der Waals surface area contributed by atoms with Crippen LogP contribution < -0.4 is 11.0 Å². The molecule has 2 heterocycles. The Balaban J connectivity index is 1.25. The molecule has 6 rings (SSSR count). The molecule has 45 heavy (non-hydrogen) atoms. The summed E-state index contributed by atoms with van der Waals surface area (Å²) in [5, 5.41) is 24.7. The van der Waals surface area contributed by atoms with Gasteiger partial charge in [-0.2, -0.15) is 4.98 Å². The van der Waals surface area contributed by atoms with Crippen molar-refractivity contribution >= 4 is 11.7 Å². The minimum Gasteiger partial charge on any atom is -0.387 e. The van der Waals surface area contributed by atoms with E-state index in [2.05, 4.69) is 10.3 Å². The summed E-state index contributed by atoms with van der Waals surface area (Å²) in [4.78, 5) is 29.6. The van der Waals surface area contributed by atoms with E-state index in [1.54, 1.807) is 12.1 Å². The molecular weight excluding hydrogens is 570 g/mol. The van der Waals surface area contributed by atoms with Gasteiger partial charge in [-0.1, -0.05) is 109 Å². The van der Waals surface area contributed by atoms with Gasteiger partial charge in [-0.05, 0) is 41.8 Å². The Morgan fingerprint density at radius 1 is 0.822 bits per heavy atom. The van der Waals surface area contributed by atoms with E-state index in [4.69, 9.17) is 9.47 Å². The zero-order chi connectivity index (χ0) is 31.4. The molecule has 9 nitrogen and oxygen atoms in total. The summed E-state index contributed by atoms with van der Waals surface area (Å²) in [7, 11) is 0. The van der Waals surface area contributed by atoms with E-state index in [1.807, 2.05) is 110 Å². The van der Waals surface area contributed by atoms with Crippen LogP contribution in [-0.2, 0) is 15.1 Å². The van der Waals surface area contributed by atoms with Crippen LogP contribution in [0, 0.1) is 6.92 Å². The van der Waals surface area contributed by atoms with Crippen molar-refractivity contribution in [3.63, 3.8) is 0 Å². The number of nitrogens with one attached hydrogen (secondary N) is 1. The summed E-state index contributed by atoms with van der Waals surface area (Å²) in [5.41, 5.74) is 2.22. The van der Waals surface area contributed by atoms with Gasteiger partial charge >= 0.3 is 5.69 Å². The van der Waals surface area contributed by atoms with Crippen molar-refractivity contribution < 1.29 is 24.5 Å². The monoisotopic (exact) mass is 603 g/mol. The van der Waals surface area contributed by atoms with Crippen LogP contribution in [0.4, 0.5) is 5.82 Å². The molecule has 4 aromatic carbocycles. The minimum absolute atomic E-state index is 0.0492. The van der Waals surface area contributed by atoms with Gasteiger partial charge in [0.05, 0.1) is 6.61 Å². The van der Waals surface area contributed by atoms with E-state index in [1.165, 1.54) is 12.3 Å². The number of carbonyl (C=O) groups excluding carboxylic acids is 1. The molecular formula is C36H33N3O6. The molecule has 0 spiro atoms. The Bertz CT molecular complexity index is 1700. The summed E-state index contributed by atoms with van der Waals surface area (Å²) < 4.78 is 13.9. The minimum atomic E-state index is -1.44. The Kier molecular flexibility index (Phi) is 8.68. The number of rotatable bonds is 9. The van der Waals surface area contributed by atoms with Crippen LogP contribution in [0.2, 0.25) is 0 Å². The second kappa shape index (κ2) is 13.0. The van der Waals surface area contributed by atoms with E-state index < -0.39 is 41.7 Å². The average Bonchev–Trinajstić information content (AvgIpc) is 3.35. The number of ether oxygens (including phenoxy) is 2. The van der Waals surface area contributed by atoms with Crippen LogP contribution in [0.15, 0.2) is 132 Å². The number of aromatic nitrogens is 2. The van der Waals surface area contributed by atoms with Crippen molar-refractivity contribution in [2.24, 2.45) is 0 Å². The van der Waals surface area contributed by atoms with E-state index in [0.29, 0.717) is 5.56 Å². The summed E-state index contributed by atoms with van der Waals surface area (Å²) in [6.45, 7) is 1.81. The number of hydrogen-bond donors (Lipinski definition) is 3. The number of aryl methyl sites for hydroxylation is 1. The highest BCUT2D eigenvalue weighted by atomic mass is 16.6. The number of carbonyl (C=O) groups is 1. The summed E-state index contributed by atoms with van der Waals surface area (Å²) >= 11 is 0. The third kappa shape index (κ3) is 6.07. The van der Waals surface area contributed by atoms with Crippen LogP contribution in [0.5, 0.6) is 0 Å². The Morgan fingerprint density at radius 2 is 1.36 bits per heavy atom. The maximum absolute atomic E-state index is 13.0. The molecule has 3 N–H and O–H groups in total. The first-order chi connectivity index (χ1) is 21.9. The molecule has 1 aliphatic rings. The zero-order valence-corrected chi connectivity index (χ0v) is 24.6. The lowest BCUT2D eigenvalue weighted by molar-refractivity contribution is -0.0958. The normalized spacial score (nSPS) is 19.7. The molecule has 9 heteroatoms. The third-order valence-electron chi connectivity index (χ3n) is 8.00. The quantitative estimate of drug-likeness (QED) is 0.213. The molecule has 0 aliphatic carbocycles. The lowest BCUT2D eigenvalue weighted by atomic mass is 9.80. The van der Waals surface area contributed by atoms with Gasteiger partial charge in [-0.25, -0.2) is 4.79 Å². The molecule has 0 saturated carbocycles. The number of benzene rings is 4. The fourth-order valence-corrected chi connectivity index (χ4v) is 5.64. The van der Waals surface area contributed by atoms with Crippen molar-refractivity contribution in [3.8, 4) is 0 Å². The topological polar surface area (TPSA) is 123 Å². The van der Waals surface area contributed by atoms with Gasteiger partial charge in [0.25, 0.3) is 5.91 Å². The van der Waals surface area contributed by atoms with Gasteiger partial charge in [0.15, 0.2) is 6.23 Å². The van der Waals surface area contributed by atoms with Crippen LogP contribution in [0.3, 0.4) is 0 Å². The fraction of sp³-hybridized carbons (Fsp3) is 0.194. The first kappa shape index (κ1) is 30.1. The second-order valence-electron chi connectivity index (χ2n) is 11.0. The first-order valence-corrected chi connectivity index (χ1v) is 14.7. The molecule has 4 atom stereocenters. The van der Waals surface area contributed by atoms with Crippen molar-refractivity contribution in [2.45, 2.75) is 37.1 Å². The van der Waals surface area contributed by atoms with E-state index >= 15 is 0 Å². The maximum atomic E-state index is 13.0. The number of nitrogens with zero attached hydrogens (tertiary/aromatic N) is 2. The molecule has 0 unspecified atom stereocenters. The molecule has 1 saturated heterocycles. The zero-order valence-electron chi connectivity index (χ0n) is 24.6. The van der Waals surface area contributed by atoms with Crippen molar-refractivity contribution in [1.29, 1.82) is 0 Å². The van der Waals surface area contributed by atoms with E-state index in [9.17, 15) is 19.8 Å². The van der Waals surface area contributed by atoms with Crippen molar-refractivity contribution in [1.82, 2.24) is 9.55 Å². The lowest BCUT2D eigenvalue weighted by Crippen LogP contribution is -2.39. The standard InChI is InChI=1S/C36H33N3O6/c1-24-17-19-25(20-18-24)33(42)37-30-21-22-39(35(43)38-30)34-32(41)31(40)29(45-34)23-44-36(26-11-5-2-6-12-26,27-13-7-3-8-14-27)28-15-9-4-10-16-28/h2-22,29,31-32,34,40-41H,23H2,1H3,(H,37,38,42,43)/t29-,31-,32-,34-/m1/s1. The number of amides is 1. The van der Waals surface area contributed by atoms with Gasteiger partial charge in [-0.3, -0.25) is 9.36 Å². The highest BCUT2D eigenvalue weighted by Crippen LogP contribution is 2.41. The largest absolute Gasteiger partial charge is 0.387 e. The van der Waals surface area contributed by atoms with Crippen LogP contribution in [-0.4, -0.2) is 50.6 Å². The molecule has 1 amide bonds. The van der Waals surface area contributed by atoms with Gasteiger partial charge in [0.2, 0.25) is 0 Å². The highest BCUT2D eigenvalue weighted by molar-refractivity contribution is 6.03. The predicted octanol–water partition coefficient (Wildman–Crippen LogP) is 4.43. The summed E-state index contributed by atoms with van der Waals surface area (Å²) in [5.74, 6) is -0.365. The van der Waals surface area contributed by atoms with E-state index in [0.717, 1.165) is 26.8 Å². The summed E-state index contributed by atoms with van der Waals surface area (Å²) in [6.07, 6.45) is -3.64. The second-order valence-corrected chi connectivity index (χ2v) is 11.0. The predicted molar refractivity (Wildman–Crippen MR) is 169 cm³/mol. The van der Waals surface area contributed by atoms with Crippen LogP contribution >= 0.6 is 0 Å². The smallest absolute Gasteiger partial charge is 0.351 e. The first-order valence-electron chi connectivity index (χ1n) is 14.7. The van der Waals surface area contributed by atoms with Crippen molar-refractivity contribution in [2.75, 3.05) is 11.9 Å². The summed E-state index contributed by atoms with van der Waals surface area (Å²) in [6, 6.07) is 37.7. The Labute approximate surface area is 260 Å². The maximum Gasteiger partial charge on any atom is 0.351 e. The molecule has 0 bridgehead atoms. The lowest BCUT2D eigenvalue weighted by Gasteiger charge is -2.37. The third-order valence-corrected chi connectivity index (χ3v) is 8.00. The van der Waals surface area contributed by atoms with Crippen LogP contribution in [0.1, 0.15) is 38.8 Å². The van der Waals surface area contributed by atoms with Crippen molar-refractivity contribution in [3.05, 3.63) is 166 Å². The number of hydrogen-bond acceptors (Lipinski definition) is 7. The molecule has 1 aliphatic heterocycles. The van der Waals surface area contributed by atoms with Gasteiger partial charge in [-0.15, -0.1) is 0 Å². The van der Waals surface area contributed by atoms with Gasteiger partial charge in [0, 0.05) is 11.8 Å². The average molecular weight is 604 g/mol. The highest BCUT2D eigenvalue weighted by Gasteiger charge is 2.46. The molecule has 1 aromatic heterocycles. The number of aliphatic hydroxyl groups is 2. The Morgan fingerprint density at radius 3 is 1.87 bits per heavy atom. The van der Waals surface area contributed by atoms with E-state index in [-0.39, 0.29) is 12.4 Å². The number of aliphatic hydroxyl groups excluding tert-OH is 2. The molecule has 1 fully saturated rings. The van der Waals surface area contributed by atoms with Gasteiger partial charge < -0.3 is 25.0 Å². The van der Waals surface area contributed by atoms with Gasteiger partial charge in [0.1, 0.15) is 29.7 Å². The Hall–Kier alpha value is -4.93. The molecule has 228 valence electrons. The fourth-order valence-electron chi connectivity index (χ4n) is 5.64.